The highest BCUT2D eigenvalue weighted by Crippen LogP contribution is 2.46. The van der Waals surface area contributed by atoms with Crippen molar-refractivity contribution in [3.63, 3.8) is 0 Å². The van der Waals surface area contributed by atoms with Gasteiger partial charge in [-0.15, -0.1) is 24.8 Å². The van der Waals surface area contributed by atoms with Gasteiger partial charge in [-0.2, -0.15) is 0 Å². The maximum absolute atomic E-state index is 12.3. The van der Waals surface area contributed by atoms with Crippen LogP contribution in [0.25, 0.3) is 0 Å². The number of hydrogen-bond acceptors (Lipinski definition) is 3. The third-order valence-corrected chi connectivity index (χ3v) is 5.73. The van der Waals surface area contributed by atoms with Crippen LogP contribution in [0.5, 0.6) is 0 Å². The van der Waals surface area contributed by atoms with Crippen molar-refractivity contribution in [1.29, 1.82) is 0 Å². The number of carbonyl (C=O) groups is 1. The van der Waals surface area contributed by atoms with Gasteiger partial charge in [-0.1, -0.05) is 13.3 Å². The van der Waals surface area contributed by atoms with E-state index in [-0.39, 0.29) is 30.7 Å². The van der Waals surface area contributed by atoms with E-state index in [2.05, 4.69) is 15.1 Å². The SMILES string of the molecule is CNCC(C)C(=O)N1CCN(C2CC3CCC2C3)CC1.Cl.Cl. The minimum atomic E-state index is 0. The molecule has 4 nitrogen and oxygen atoms in total. The minimum Gasteiger partial charge on any atom is -0.340 e. The van der Waals surface area contributed by atoms with E-state index in [0.717, 1.165) is 50.6 Å². The van der Waals surface area contributed by atoms with Crippen molar-refractivity contribution in [2.24, 2.45) is 17.8 Å². The minimum absolute atomic E-state index is 0. The van der Waals surface area contributed by atoms with Crippen molar-refractivity contribution in [2.75, 3.05) is 39.8 Å². The van der Waals surface area contributed by atoms with Crippen LogP contribution < -0.4 is 5.32 Å². The second-order valence-electron chi connectivity index (χ2n) is 7.06. The van der Waals surface area contributed by atoms with E-state index >= 15 is 0 Å². The Balaban J connectivity index is 0.00000121. The van der Waals surface area contributed by atoms with Crippen molar-refractivity contribution < 1.29 is 4.79 Å². The molecular formula is C16H31Cl2N3O. The van der Waals surface area contributed by atoms with Gasteiger partial charge in [0.05, 0.1) is 0 Å². The second-order valence-corrected chi connectivity index (χ2v) is 7.06. The molecule has 4 atom stereocenters. The van der Waals surface area contributed by atoms with Crippen molar-refractivity contribution in [3.05, 3.63) is 0 Å². The van der Waals surface area contributed by atoms with Gasteiger partial charge in [-0.3, -0.25) is 9.69 Å². The Morgan fingerprint density at radius 3 is 2.32 bits per heavy atom. The summed E-state index contributed by atoms with van der Waals surface area (Å²) in [5, 5.41) is 3.10. The van der Waals surface area contributed by atoms with Crippen LogP contribution in [0.1, 0.15) is 32.6 Å². The van der Waals surface area contributed by atoms with Gasteiger partial charge >= 0.3 is 0 Å². The molecule has 22 heavy (non-hydrogen) atoms. The summed E-state index contributed by atoms with van der Waals surface area (Å²) in [4.78, 5) is 17.1. The Morgan fingerprint density at radius 1 is 1.14 bits per heavy atom. The Kier molecular flexibility index (Phi) is 7.93. The van der Waals surface area contributed by atoms with Gasteiger partial charge in [-0.05, 0) is 38.1 Å². The fourth-order valence-corrected chi connectivity index (χ4v) is 4.64. The Labute approximate surface area is 147 Å². The van der Waals surface area contributed by atoms with E-state index in [1.807, 2.05) is 14.0 Å². The van der Waals surface area contributed by atoms with Gasteiger partial charge in [0.15, 0.2) is 0 Å². The topological polar surface area (TPSA) is 35.6 Å². The summed E-state index contributed by atoms with van der Waals surface area (Å²) in [6.07, 6.45) is 5.83. The molecule has 3 rings (SSSR count). The number of carbonyl (C=O) groups excluding carboxylic acids is 1. The number of nitrogens with one attached hydrogen (secondary N) is 1. The molecule has 1 amide bonds. The van der Waals surface area contributed by atoms with Crippen LogP contribution >= 0.6 is 24.8 Å². The molecule has 0 spiro atoms. The number of nitrogens with zero attached hydrogens (tertiary/aromatic N) is 2. The molecule has 2 aliphatic carbocycles. The molecule has 130 valence electrons. The van der Waals surface area contributed by atoms with Gasteiger partial charge in [0.1, 0.15) is 0 Å². The van der Waals surface area contributed by atoms with Crippen LogP contribution in [0.2, 0.25) is 0 Å². The molecule has 3 aliphatic rings. The number of halogens is 2. The maximum atomic E-state index is 12.3. The van der Waals surface area contributed by atoms with Crippen LogP contribution in [-0.2, 0) is 4.79 Å². The first-order chi connectivity index (χ1) is 9.69. The van der Waals surface area contributed by atoms with Crippen molar-refractivity contribution in [1.82, 2.24) is 15.1 Å². The van der Waals surface area contributed by atoms with E-state index in [0.29, 0.717) is 5.91 Å². The zero-order chi connectivity index (χ0) is 14.1. The molecule has 4 unspecified atom stereocenters. The highest BCUT2D eigenvalue weighted by Gasteiger charge is 2.43. The van der Waals surface area contributed by atoms with Gasteiger partial charge in [0.2, 0.25) is 5.91 Å². The number of piperazine rings is 1. The van der Waals surface area contributed by atoms with Crippen molar-refractivity contribution >= 4 is 30.7 Å². The zero-order valence-electron chi connectivity index (χ0n) is 13.8. The molecule has 0 radical (unpaired) electrons. The lowest BCUT2D eigenvalue weighted by atomic mass is 9.93. The summed E-state index contributed by atoms with van der Waals surface area (Å²) in [6, 6.07) is 0.834. The highest BCUT2D eigenvalue weighted by atomic mass is 35.5. The number of amides is 1. The van der Waals surface area contributed by atoms with Crippen LogP contribution in [0.15, 0.2) is 0 Å². The maximum Gasteiger partial charge on any atom is 0.226 e. The summed E-state index contributed by atoms with van der Waals surface area (Å²) in [5.41, 5.74) is 0. The van der Waals surface area contributed by atoms with E-state index in [4.69, 9.17) is 0 Å². The van der Waals surface area contributed by atoms with Crippen LogP contribution in [-0.4, -0.2) is 61.5 Å². The van der Waals surface area contributed by atoms with Crippen LogP contribution in [0.4, 0.5) is 0 Å². The molecule has 2 bridgehead atoms. The first kappa shape index (κ1) is 20.0. The van der Waals surface area contributed by atoms with Crippen molar-refractivity contribution in [3.8, 4) is 0 Å². The zero-order valence-corrected chi connectivity index (χ0v) is 15.4. The lowest BCUT2D eigenvalue weighted by molar-refractivity contribution is -0.137. The standard InChI is InChI=1S/C16H29N3O.2ClH/c1-12(11-17-2)16(20)19-7-5-18(6-8-19)15-10-13-3-4-14(15)9-13;;/h12-15,17H,3-11H2,1-2H3;2*1H. The van der Waals surface area contributed by atoms with E-state index < -0.39 is 0 Å². The molecule has 0 aromatic heterocycles. The summed E-state index contributed by atoms with van der Waals surface area (Å²) >= 11 is 0. The first-order valence-corrected chi connectivity index (χ1v) is 8.36. The molecule has 1 saturated heterocycles. The van der Waals surface area contributed by atoms with Gasteiger partial charge in [0.25, 0.3) is 0 Å². The third kappa shape index (κ3) is 4.08. The summed E-state index contributed by atoms with van der Waals surface area (Å²) in [5.74, 6) is 2.41. The van der Waals surface area contributed by atoms with Gasteiger partial charge in [-0.25, -0.2) is 0 Å². The third-order valence-electron chi connectivity index (χ3n) is 5.73. The monoisotopic (exact) mass is 351 g/mol. The number of hydrogen-bond donors (Lipinski definition) is 1. The molecule has 2 saturated carbocycles. The Bertz CT molecular complexity index is 361. The van der Waals surface area contributed by atoms with E-state index in [9.17, 15) is 4.79 Å². The summed E-state index contributed by atoms with van der Waals surface area (Å²) in [7, 11) is 1.91. The number of fused-ring (bicyclic) bond motifs is 2. The quantitative estimate of drug-likeness (QED) is 0.841. The molecule has 1 aliphatic heterocycles. The molecule has 3 fully saturated rings. The van der Waals surface area contributed by atoms with Crippen LogP contribution in [0, 0.1) is 17.8 Å². The van der Waals surface area contributed by atoms with Gasteiger partial charge in [0, 0.05) is 44.7 Å². The highest BCUT2D eigenvalue weighted by molar-refractivity contribution is 5.85. The largest absolute Gasteiger partial charge is 0.340 e. The predicted molar refractivity (Wildman–Crippen MR) is 95.0 cm³/mol. The predicted octanol–water partition coefficient (Wildman–Crippen LogP) is 2.02. The average Bonchev–Trinajstić information content (AvgIpc) is 3.09. The molecular weight excluding hydrogens is 321 g/mol. The fourth-order valence-electron chi connectivity index (χ4n) is 4.64. The average molecular weight is 352 g/mol. The Morgan fingerprint density at radius 2 is 1.82 bits per heavy atom. The van der Waals surface area contributed by atoms with Gasteiger partial charge < -0.3 is 10.2 Å². The first-order valence-electron chi connectivity index (χ1n) is 8.36. The summed E-state index contributed by atoms with van der Waals surface area (Å²) in [6.45, 7) is 6.85. The second kappa shape index (κ2) is 8.72. The molecule has 1 heterocycles. The Hall–Kier alpha value is -0.0300. The smallest absolute Gasteiger partial charge is 0.226 e. The lowest BCUT2D eigenvalue weighted by Crippen LogP contribution is -2.54. The molecule has 0 aromatic carbocycles. The molecule has 6 heteroatoms. The van der Waals surface area contributed by atoms with E-state index in [1.54, 1.807) is 0 Å². The fraction of sp³-hybridized carbons (Fsp3) is 0.938. The molecule has 0 aromatic rings. The number of rotatable bonds is 4. The lowest BCUT2D eigenvalue weighted by Gasteiger charge is -2.41. The van der Waals surface area contributed by atoms with Crippen LogP contribution in [0.3, 0.4) is 0 Å². The summed E-state index contributed by atoms with van der Waals surface area (Å²) < 4.78 is 0. The normalized spacial score (nSPS) is 32.3. The van der Waals surface area contributed by atoms with E-state index in [1.165, 1.54) is 25.7 Å². The van der Waals surface area contributed by atoms with Crippen molar-refractivity contribution in [2.45, 2.75) is 38.6 Å². The molecule has 1 N–H and O–H groups in total.